The van der Waals surface area contributed by atoms with E-state index in [9.17, 15) is 0 Å². The molecule has 3 rings (SSSR count). The third-order valence-electron chi connectivity index (χ3n) is 3.75. The molecule has 0 atom stereocenters. The van der Waals surface area contributed by atoms with Gasteiger partial charge in [-0.25, -0.2) is 0 Å². The molecule has 1 heterocycles. The van der Waals surface area contributed by atoms with E-state index < -0.39 is 0 Å². The molecule has 0 aliphatic heterocycles. The van der Waals surface area contributed by atoms with Crippen molar-refractivity contribution < 1.29 is 0 Å². The van der Waals surface area contributed by atoms with Gasteiger partial charge in [0.1, 0.15) is 0 Å². The van der Waals surface area contributed by atoms with Crippen LogP contribution < -0.4 is 5.32 Å². The summed E-state index contributed by atoms with van der Waals surface area (Å²) in [5, 5.41) is 4.78. The highest BCUT2D eigenvalue weighted by Crippen LogP contribution is 2.19. The normalized spacial score (nSPS) is 11.4. The molecule has 2 heteroatoms. The SMILES string of the molecule is CC(C)NCc1ccc2c(ccn2Cc2ccccc2)c1. The molecule has 108 valence electrons. The van der Waals surface area contributed by atoms with Crippen LogP contribution in [0, 0.1) is 0 Å². The summed E-state index contributed by atoms with van der Waals surface area (Å²) in [5.41, 5.74) is 3.97. The minimum absolute atomic E-state index is 0.517. The van der Waals surface area contributed by atoms with Gasteiger partial charge in [-0.05, 0) is 34.7 Å². The first-order chi connectivity index (χ1) is 10.2. The van der Waals surface area contributed by atoms with Gasteiger partial charge >= 0.3 is 0 Å². The summed E-state index contributed by atoms with van der Waals surface area (Å²) in [5.74, 6) is 0. The molecule has 0 saturated carbocycles. The Bertz CT molecular complexity index is 711. The zero-order valence-electron chi connectivity index (χ0n) is 12.7. The third kappa shape index (κ3) is 3.34. The molecule has 0 aliphatic rings. The lowest BCUT2D eigenvalue weighted by molar-refractivity contribution is 0.589. The second-order valence-electron chi connectivity index (χ2n) is 5.86. The van der Waals surface area contributed by atoms with E-state index in [1.807, 2.05) is 0 Å². The monoisotopic (exact) mass is 278 g/mol. The molecule has 0 spiro atoms. The number of rotatable bonds is 5. The highest BCUT2D eigenvalue weighted by molar-refractivity contribution is 5.81. The van der Waals surface area contributed by atoms with Gasteiger partial charge < -0.3 is 9.88 Å². The largest absolute Gasteiger partial charge is 0.343 e. The highest BCUT2D eigenvalue weighted by atomic mass is 14.9. The highest BCUT2D eigenvalue weighted by Gasteiger charge is 2.03. The fourth-order valence-corrected chi connectivity index (χ4v) is 2.60. The fraction of sp³-hybridized carbons (Fsp3) is 0.263. The maximum atomic E-state index is 3.47. The first-order valence-corrected chi connectivity index (χ1v) is 7.57. The Morgan fingerprint density at radius 1 is 0.952 bits per heavy atom. The van der Waals surface area contributed by atoms with Gasteiger partial charge in [0.05, 0.1) is 0 Å². The first kappa shape index (κ1) is 13.9. The number of fused-ring (bicyclic) bond motifs is 1. The summed E-state index contributed by atoms with van der Waals surface area (Å²) in [7, 11) is 0. The molecule has 0 saturated heterocycles. The lowest BCUT2D eigenvalue weighted by Crippen LogP contribution is -2.21. The molecule has 1 N–H and O–H groups in total. The summed E-state index contributed by atoms with van der Waals surface area (Å²) < 4.78 is 2.31. The van der Waals surface area contributed by atoms with Gasteiger partial charge in [-0.15, -0.1) is 0 Å². The summed E-state index contributed by atoms with van der Waals surface area (Å²) in [6, 6.07) is 20.1. The lowest BCUT2D eigenvalue weighted by atomic mass is 10.1. The topological polar surface area (TPSA) is 17.0 Å². The van der Waals surface area contributed by atoms with E-state index in [1.165, 1.54) is 22.0 Å². The molecule has 0 amide bonds. The predicted molar refractivity (Wildman–Crippen MR) is 89.5 cm³/mol. The maximum Gasteiger partial charge on any atom is 0.0483 e. The quantitative estimate of drug-likeness (QED) is 0.740. The second-order valence-corrected chi connectivity index (χ2v) is 5.86. The van der Waals surface area contributed by atoms with Gasteiger partial charge in [0.25, 0.3) is 0 Å². The summed E-state index contributed by atoms with van der Waals surface area (Å²) in [6.07, 6.45) is 2.18. The molecule has 0 unspecified atom stereocenters. The Hall–Kier alpha value is -2.06. The number of hydrogen-bond acceptors (Lipinski definition) is 1. The van der Waals surface area contributed by atoms with Crippen LogP contribution in [0.3, 0.4) is 0 Å². The van der Waals surface area contributed by atoms with Crippen LogP contribution >= 0.6 is 0 Å². The van der Waals surface area contributed by atoms with E-state index >= 15 is 0 Å². The molecule has 2 aromatic carbocycles. The van der Waals surface area contributed by atoms with E-state index in [-0.39, 0.29) is 0 Å². The van der Waals surface area contributed by atoms with Crippen molar-refractivity contribution in [3.8, 4) is 0 Å². The van der Waals surface area contributed by atoms with Crippen molar-refractivity contribution in [2.75, 3.05) is 0 Å². The van der Waals surface area contributed by atoms with Crippen molar-refractivity contribution in [1.82, 2.24) is 9.88 Å². The Kier molecular flexibility index (Phi) is 4.07. The number of nitrogens with zero attached hydrogens (tertiary/aromatic N) is 1. The average molecular weight is 278 g/mol. The van der Waals surface area contributed by atoms with Gasteiger partial charge in [0.2, 0.25) is 0 Å². The van der Waals surface area contributed by atoms with Gasteiger partial charge in [-0.2, -0.15) is 0 Å². The molecule has 0 fully saturated rings. The molecule has 1 aromatic heterocycles. The van der Waals surface area contributed by atoms with Crippen molar-refractivity contribution >= 4 is 10.9 Å². The van der Waals surface area contributed by atoms with Crippen LogP contribution in [0.15, 0.2) is 60.8 Å². The average Bonchev–Trinajstić information content (AvgIpc) is 2.89. The van der Waals surface area contributed by atoms with Crippen LogP contribution in [0.1, 0.15) is 25.0 Å². The van der Waals surface area contributed by atoms with E-state index in [2.05, 4.69) is 84.5 Å². The minimum Gasteiger partial charge on any atom is -0.343 e. The smallest absolute Gasteiger partial charge is 0.0483 e. The Labute approximate surface area is 126 Å². The summed E-state index contributed by atoms with van der Waals surface area (Å²) in [6.45, 7) is 6.20. The van der Waals surface area contributed by atoms with E-state index in [0.29, 0.717) is 6.04 Å². The number of hydrogen-bond donors (Lipinski definition) is 1. The van der Waals surface area contributed by atoms with Crippen LogP contribution in [-0.2, 0) is 13.1 Å². The molecule has 3 aromatic rings. The number of aromatic nitrogens is 1. The molecular weight excluding hydrogens is 256 g/mol. The molecule has 2 nitrogen and oxygen atoms in total. The fourth-order valence-electron chi connectivity index (χ4n) is 2.60. The first-order valence-electron chi connectivity index (χ1n) is 7.57. The van der Waals surface area contributed by atoms with Crippen molar-refractivity contribution in [3.63, 3.8) is 0 Å². The van der Waals surface area contributed by atoms with Crippen LogP contribution in [0.25, 0.3) is 10.9 Å². The van der Waals surface area contributed by atoms with Crippen LogP contribution in [0.2, 0.25) is 0 Å². The van der Waals surface area contributed by atoms with Gasteiger partial charge in [0, 0.05) is 30.8 Å². The Morgan fingerprint density at radius 2 is 1.76 bits per heavy atom. The van der Waals surface area contributed by atoms with E-state index in [4.69, 9.17) is 0 Å². The molecule has 0 bridgehead atoms. The van der Waals surface area contributed by atoms with Crippen molar-refractivity contribution in [3.05, 3.63) is 71.9 Å². The van der Waals surface area contributed by atoms with E-state index in [0.717, 1.165) is 13.1 Å². The van der Waals surface area contributed by atoms with Crippen molar-refractivity contribution in [1.29, 1.82) is 0 Å². The number of benzene rings is 2. The molecule has 0 radical (unpaired) electrons. The number of nitrogens with one attached hydrogen (secondary N) is 1. The van der Waals surface area contributed by atoms with Crippen molar-refractivity contribution in [2.24, 2.45) is 0 Å². The lowest BCUT2D eigenvalue weighted by Gasteiger charge is -2.09. The van der Waals surface area contributed by atoms with Crippen molar-refractivity contribution in [2.45, 2.75) is 33.0 Å². The van der Waals surface area contributed by atoms with Crippen LogP contribution in [-0.4, -0.2) is 10.6 Å². The van der Waals surface area contributed by atoms with Gasteiger partial charge in [-0.3, -0.25) is 0 Å². The molecule has 21 heavy (non-hydrogen) atoms. The summed E-state index contributed by atoms with van der Waals surface area (Å²) in [4.78, 5) is 0. The standard InChI is InChI=1S/C19H22N2/c1-15(2)20-13-17-8-9-19-18(12-17)10-11-21(19)14-16-6-4-3-5-7-16/h3-12,15,20H,13-14H2,1-2H3. The Balaban J connectivity index is 1.82. The van der Waals surface area contributed by atoms with Crippen LogP contribution in [0.5, 0.6) is 0 Å². The van der Waals surface area contributed by atoms with Crippen LogP contribution in [0.4, 0.5) is 0 Å². The van der Waals surface area contributed by atoms with Gasteiger partial charge in [0.15, 0.2) is 0 Å². The second kappa shape index (κ2) is 6.15. The third-order valence-corrected chi connectivity index (χ3v) is 3.75. The Morgan fingerprint density at radius 3 is 2.52 bits per heavy atom. The molecule has 0 aliphatic carbocycles. The predicted octanol–water partition coefficient (Wildman–Crippen LogP) is 4.19. The van der Waals surface area contributed by atoms with Gasteiger partial charge in [-0.1, -0.05) is 50.2 Å². The zero-order chi connectivity index (χ0) is 14.7. The summed E-state index contributed by atoms with van der Waals surface area (Å²) >= 11 is 0. The maximum absolute atomic E-state index is 3.47. The minimum atomic E-state index is 0.517. The zero-order valence-corrected chi connectivity index (χ0v) is 12.7. The molecular formula is C19H22N2. The van der Waals surface area contributed by atoms with E-state index in [1.54, 1.807) is 0 Å².